The number of hydrogen-bond donors (Lipinski definition) is 0. The van der Waals surface area contributed by atoms with Gasteiger partial charge in [-0.3, -0.25) is 14.4 Å². The number of anilines is 1. The molecule has 0 unspecified atom stereocenters. The number of benzene rings is 3. The summed E-state index contributed by atoms with van der Waals surface area (Å²) in [5, 5.41) is 0. The summed E-state index contributed by atoms with van der Waals surface area (Å²) in [6.45, 7) is 7.19. The standard InChI is InChI=1S/C13H17NO.C10H12O3.C9H8O3/c1-11(15)12-5-7-13(8-6-12)14-9-3-2-4-10-14;1-7(11)8-4-9(12-2)6-10(5-8)13-3;1-6(10)7-2-3-8-9(4-7)12-5-11-8/h5-8H,2-4,9-10H2,1H3;4-6H,1-3H3;2-4H,5H2,1H3. The molecule has 0 aliphatic carbocycles. The van der Waals surface area contributed by atoms with Gasteiger partial charge in [0.1, 0.15) is 11.5 Å². The molecule has 0 saturated carbocycles. The summed E-state index contributed by atoms with van der Waals surface area (Å²) in [6, 6.07) is 18.2. The van der Waals surface area contributed by atoms with Crippen LogP contribution in [0, 0.1) is 0 Å². The molecule has 2 aliphatic rings. The van der Waals surface area contributed by atoms with Crippen molar-refractivity contribution in [3.05, 3.63) is 77.4 Å². The molecule has 3 aromatic carbocycles. The zero-order valence-corrected chi connectivity index (χ0v) is 23.8. The topological polar surface area (TPSA) is 91.4 Å². The molecule has 0 spiro atoms. The van der Waals surface area contributed by atoms with Gasteiger partial charge in [-0.05, 0) is 94.6 Å². The Kier molecular flexibility index (Phi) is 11.1. The highest BCUT2D eigenvalue weighted by Crippen LogP contribution is 2.32. The molecule has 1 saturated heterocycles. The number of carbonyl (C=O) groups excluding carboxylic acids is 3. The first-order valence-corrected chi connectivity index (χ1v) is 13.2. The number of piperidine rings is 1. The summed E-state index contributed by atoms with van der Waals surface area (Å²) in [6.07, 6.45) is 3.92. The molecule has 0 aromatic heterocycles. The second-order valence-corrected chi connectivity index (χ2v) is 9.43. The van der Waals surface area contributed by atoms with Crippen LogP contribution in [0.5, 0.6) is 23.0 Å². The Labute approximate surface area is 235 Å². The highest BCUT2D eigenvalue weighted by Gasteiger charge is 2.14. The van der Waals surface area contributed by atoms with E-state index in [-0.39, 0.29) is 24.1 Å². The minimum absolute atomic E-state index is 0.00259. The third-order valence-electron chi connectivity index (χ3n) is 6.53. The van der Waals surface area contributed by atoms with E-state index in [9.17, 15) is 14.4 Å². The van der Waals surface area contributed by atoms with E-state index in [2.05, 4.69) is 17.0 Å². The van der Waals surface area contributed by atoms with Crippen LogP contribution in [-0.2, 0) is 0 Å². The largest absolute Gasteiger partial charge is 0.497 e. The highest BCUT2D eigenvalue weighted by atomic mass is 16.7. The second kappa shape index (κ2) is 14.7. The fourth-order valence-electron chi connectivity index (χ4n) is 4.19. The van der Waals surface area contributed by atoms with E-state index in [1.165, 1.54) is 38.8 Å². The third-order valence-corrected chi connectivity index (χ3v) is 6.53. The maximum absolute atomic E-state index is 11.1. The van der Waals surface area contributed by atoms with Crippen molar-refractivity contribution in [1.82, 2.24) is 0 Å². The van der Waals surface area contributed by atoms with Gasteiger partial charge in [-0.25, -0.2) is 0 Å². The molecule has 1 fully saturated rings. The van der Waals surface area contributed by atoms with E-state index in [0.29, 0.717) is 34.1 Å². The molecule has 3 aromatic rings. The van der Waals surface area contributed by atoms with Crippen LogP contribution < -0.4 is 23.8 Å². The Morgan fingerprint density at radius 2 is 1.15 bits per heavy atom. The first-order chi connectivity index (χ1) is 19.2. The first-order valence-electron chi connectivity index (χ1n) is 13.2. The normalized spacial score (nSPS) is 13.2. The Hall–Kier alpha value is -4.33. The molecule has 40 heavy (non-hydrogen) atoms. The Morgan fingerprint density at radius 3 is 1.68 bits per heavy atom. The minimum Gasteiger partial charge on any atom is -0.497 e. The number of Topliss-reactive ketones (excluding diaryl/α,β-unsaturated/α-hetero) is 3. The molecular formula is C32H37NO7. The number of carbonyl (C=O) groups is 3. The molecular weight excluding hydrogens is 510 g/mol. The summed E-state index contributed by atoms with van der Waals surface area (Å²) in [7, 11) is 3.11. The predicted octanol–water partition coefficient (Wildman–Crippen LogP) is 6.40. The lowest BCUT2D eigenvalue weighted by molar-refractivity contribution is 0.100. The van der Waals surface area contributed by atoms with Gasteiger partial charge in [0.15, 0.2) is 28.8 Å². The van der Waals surface area contributed by atoms with Crippen LogP contribution in [-0.4, -0.2) is 51.5 Å². The van der Waals surface area contributed by atoms with Crippen molar-refractivity contribution in [2.75, 3.05) is 39.0 Å². The van der Waals surface area contributed by atoms with Gasteiger partial charge in [-0.1, -0.05) is 0 Å². The van der Waals surface area contributed by atoms with Gasteiger partial charge in [0.25, 0.3) is 0 Å². The predicted molar refractivity (Wildman–Crippen MR) is 155 cm³/mol. The number of hydrogen-bond acceptors (Lipinski definition) is 8. The van der Waals surface area contributed by atoms with Gasteiger partial charge in [-0.2, -0.15) is 0 Å². The van der Waals surface area contributed by atoms with Gasteiger partial charge in [0, 0.05) is 41.5 Å². The maximum Gasteiger partial charge on any atom is 0.231 e. The molecule has 0 atom stereocenters. The lowest BCUT2D eigenvalue weighted by Crippen LogP contribution is -2.29. The van der Waals surface area contributed by atoms with E-state index in [0.717, 1.165) is 18.7 Å². The maximum atomic E-state index is 11.1. The van der Waals surface area contributed by atoms with Crippen molar-refractivity contribution in [2.45, 2.75) is 40.0 Å². The van der Waals surface area contributed by atoms with Crippen molar-refractivity contribution in [3.8, 4) is 23.0 Å². The zero-order chi connectivity index (χ0) is 29.1. The summed E-state index contributed by atoms with van der Waals surface area (Å²) in [5.74, 6) is 2.79. The van der Waals surface area contributed by atoms with Gasteiger partial charge in [0.05, 0.1) is 14.2 Å². The lowest BCUT2D eigenvalue weighted by Gasteiger charge is -2.28. The summed E-state index contributed by atoms with van der Waals surface area (Å²) >= 11 is 0. The van der Waals surface area contributed by atoms with Gasteiger partial charge >= 0.3 is 0 Å². The summed E-state index contributed by atoms with van der Waals surface area (Å²) in [4.78, 5) is 35.5. The Morgan fingerprint density at radius 1 is 0.625 bits per heavy atom. The molecule has 0 N–H and O–H groups in total. The van der Waals surface area contributed by atoms with E-state index >= 15 is 0 Å². The number of rotatable bonds is 6. The van der Waals surface area contributed by atoms with Crippen LogP contribution in [0.15, 0.2) is 60.7 Å². The lowest BCUT2D eigenvalue weighted by atomic mass is 10.1. The Balaban J connectivity index is 0.000000167. The van der Waals surface area contributed by atoms with E-state index in [4.69, 9.17) is 18.9 Å². The van der Waals surface area contributed by atoms with Crippen molar-refractivity contribution >= 4 is 23.0 Å². The van der Waals surface area contributed by atoms with Crippen LogP contribution in [0.2, 0.25) is 0 Å². The van der Waals surface area contributed by atoms with Crippen LogP contribution >= 0.6 is 0 Å². The van der Waals surface area contributed by atoms with Crippen LogP contribution in [0.25, 0.3) is 0 Å². The molecule has 212 valence electrons. The molecule has 2 aliphatic heterocycles. The van der Waals surface area contributed by atoms with Gasteiger partial charge in [0.2, 0.25) is 6.79 Å². The van der Waals surface area contributed by atoms with Gasteiger partial charge < -0.3 is 23.8 Å². The van der Waals surface area contributed by atoms with Crippen LogP contribution in [0.1, 0.15) is 71.1 Å². The SMILES string of the molecule is CC(=O)c1ccc(N2CCCCC2)cc1.CC(=O)c1ccc2c(c1)OCO2.COc1cc(OC)cc(C(C)=O)c1. The fourth-order valence-corrected chi connectivity index (χ4v) is 4.19. The second-order valence-electron chi connectivity index (χ2n) is 9.43. The number of ether oxygens (including phenoxy) is 4. The molecule has 0 amide bonds. The van der Waals surface area contributed by atoms with Crippen molar-refractivity contribution < 1.29 is 33.3 Å². The average Bonchev–Trinajstić information content (AvgIpc) is 3.46. The van der Waals surface area contributed by atoms with Crippen molar-refractivity contribution in [1.29, 1.82) is 0 Å². The molecule has 2 heterocycles. The zero-order valence-electron chi connectivity index (χ0n) is 23.8. The number of nitrogens with zero attached hydrogens (tertiary/aromatic N) is 1. The molecule has 0 bridgehead atoms. The van der Waals surface area contributed by atoms with E-state index in [1.807, 2.05) is 12.1 Å². The molecule has 8 nitrogen and oxygen atoms in total. The van der Waals surface area contributed by atoms with E-state index < -0.39 is 0 Å². The quantitative estimate of drug-likeness (QED) is 0.327. The molecule has 0 radical (unpaired) electrons. The monoisotopic (exact) mass is 547 g/mol. The summed E-state index contributed by atoms with van der Waals surface area (Å²) in [5.41, 5.74) is 3.30. The van der Waals surface area contributed by atoms with Crippen molar-refractivity contribution in [2.24, 2.45) is 0 Å². The number of methoxy groups -OCH3 is 2. The summed E-state index contributed by atoms with van der Waals surface area (Å²) < 4.78 is 20.2. The first kappa shape index (κ1) is 30.2. The van der Waals surface area contributed by atoms with Crippen LogP contribution in [0.4, 0.5) is 5.69 Å². The van der Waals surface area contributed by atoms with Crippen molar-refractivity contribution in [3.63, 3.8) is 0 Å². The third kappa shape index (κ3) is 8.59. The highest BCUT2D eigenvalue weighted by molar-refractivity contribution is 5.95. The average molecular weight is 548 g/mol. The number of ketones is 3. The smallest absolute Gasteiger partial charge is 0.231 e. The molecule has 8 heteroatoms. The van der Waals surface area contributed by atoms with Gasteiger partial charge in [-0.15, -0.1) is 0 Å². The van der Waals surface area contributed by atoms with E-state index in [1.54, 1.807) is 57.5 Å². The Bertz CT molecular complexity index is 1290. The fraction of sp³-hybridized carbons (Fsp3) is 0.344. The minimum atomic E-state index is -0.00259. The molecule has 5 rings (SSSR count). The number of fused-ring (bicyclic) bond motifs is 1. The van der Waals surface area contributed by atoms with Crippen LogP contribution in [0.3, 0.4) is 0 Å².